The first-order chi connectivity index (χ1) is 10.6. The molecule has 0 aliphatic heterocycles. The summed E-state index contributed by atoms with van der Waals surface area (Å²) in [4.78, 5) is 11.5. The van der Waals surface area contributed by atoms with Crippen molar-refractivity contribution in [3.63, 3.8) is 0 Å². The van der Waals surface area contributed by atoms with E-state index in [4.69, 9.17) is 9.47 Å². The van der Waals surface area contributed by atoms with Crippen LogP contribution in [0.15, 0.2) is 24.3 Å². The predicted octanol–water partition coefficient (Wildman–Crippen LogP) is 4.24. The van der Waals surface area contributed by atoms with Gasteiger partial charge < -0.3 is 9.47 Å². The number of benzene rings is 1. The van der Waals surface area contributed by atoms with Crippen molar-refractivity contribution in [1.82, 2.24) is 0 Å². The molecule has 1 saturated carbocycles. The average molecular weight is 304 g/mol. The molecule has 0 amide bonds. The zero-order chi connectivity index (χ0) is 15.9. The third-order valence-corrected chi connectivity index (χ3v) is 4.43. The summed E-state index contributed by atoms with van der Waals surface area (Å²) < 4.78 is 10.7. The molecule has 0 bridgehead atoms. The zero-order valence-electron chi connectivity index (χ0n) is 14.0. The fourth-order valence-corrected chi connectivity index (χ4v) is 3.14. The van der Waals surface area contributed by atoms with Gasteiger partial charge in [0.15, 0.2) is 0 Å². The van der Waals surface area contributed by atoms with Crippen molar-refractivity contribution in [3.8, 4) is 5.75 Å². The molecule has 0 unspecified atom stereocenters. The zero-order valence-corrected chi connectivity index (χ0v) is 14.0. The molecule has 1 aromatic rings. The van der Waals surface area contributed by atoms with Crippen molar-refractivity contribution in [2.24, 2.45) is 17.8 Å². The Morgan fingerprint density at radius 1 is 1.14 bits per heavy atom. The quantitative estimate of drug-likeness (QED) is 0.737. The van der Waals surface area contributed by atoms with E-state index in [1.54, 1.807) is 0 Å². The standard InChI is InChI=1S/C19H28O3/c1-14(2)12-15-6-10-18(11-7-15)22-13-16-4-8-17(9-5-16)19(20)21-3/h6-7,10-11,14,16-17H,4-5,8-9,12-13H2,1-3H3. The van der Waals surface area contributed by atoms with Crippen LogP contribution in [0.2, 0.25) is 0 Å². The summed E-state index contributed by atoms with van der Waals surface area (Å²) in [6.07, 6.45) is 5.05. The lowest BCUT2D eigenvalue weighted by Crippen LogP contribution is -2.25. The molecule has 0 saturated heterocycles. The first-order valence-electron chi connectivity index (χ1n) is 8.38. The van der Waals surface area contributed by atoms with Crippen LogP contribution in [0.5, 0.6) is 5.75 Å². The third-order valence-electron chi connectivity index (χ3n) is 4.43. The summed E-state index contributed by atoms with van der Waals surface area (Å²) in [5, 5.41) is 0. The van der Waals surface area contributed by atoms with Crippen molar-refractivity contribution in [1.29, 1.82) is 0 Å². The summed E-state index contributed by atoms with van der Waals surface area (Å²) in [6, 6.07) is 8.45. The van der Waals surface area contributed by atoms with Crippen molar-refractivity contribution in [2.75, 3.05) is 13.7 Å². The molecule has 1 aliphatic carbocycles. The Balaban J connectivity index is 1.73. The van der Waals surface area contributed by atoms with Crippen LogP contribution in [0, 0.1) is 17.8 Å². The molecule has 0 atom stereocenters. The predicted molar refractivity (Wildman–Crippen MR) is 87.9 cm³/mol. The Kier molecular flexibility index (Phi) is 6.29. The van der Waals surface area contributed by atoms with Crippen molar-refractivity contribution < 1.29 is 14.3 Å². The highest BCUT2D eigenvalue weighted by molar-refractivity contribution is 5.72. The molecule has 1 aliphatic rings. The molecule has 1 aromatic carbocycles. The number of carbonyl (C=O) groups is 1. The average Bonchev–Trinajstić information content (AvgIpc) is 2.53. The maximum absolute atomic E-state index is 11.5. The molecule has 0 N–H and O–H groups in total. The van der Waals surface area contributed by atoms with E-state index in [-0.39, 0.29) is 11.9 Å². The number of rotatable bonds is 6. The van der Waals surface area contributed by atoms with Crippen molar-refractivity contribution in [2.45, 2.75) is 46.0 Å². The molecule has 0 radical (unpaired) electrons. The Morgan fingerprint density at radius 3 is 2.32 bits per heavy atom. The highest BCUT2D eigenvalue weighted by Crippen LogP contribution is 2.30. The minimum Gasteiger partial charge on any atom is -0.493 e. The summed E-state index contributed by atoms with van der Waals surface area (Å²) in [5.74, 6) is 2.22. The van der Waals surface area contributed by atoms with E-state index in [0.29, 0.717) is 11.8 Å². The van der Waals surface area contributed by atoms with Gasteiger partial charge in [-0.3, -0.25) is 4.79 Å². The largest absolute Gasteiger partial charge is 0.493 e. The van der Waals surface area contributed by atoms with Crippen LogP contribution in [-0.4, -0.2) is 19.7 Å². The van der Waals surface area contributed by atoms with E-state index in [0.717, 1.165) is 44.5 Å². The van der Waals surface area contributed by atoms with E-state index in [2.05, 4.69) is 38.1 Å². The first kappa shape index (κ1) is 16.9. The van der Waals surface area contributed by atoms with Crippen LogP contribution in [0.3, 0.4) is 0 Å². The lowest BCUT2D eigenvalue weighted by Gasteiger charge is -2.26. The Morgan fingerprint density at radius 2 is 1.77 bits per heavy atom. The number of hydrogen-bond acceptors (Lipinski definition) is 3. The molecule has 0 spiro atoms. The van der Waals surface area contributed by atoms with E-state index < -0.39 is 0 Å². The number of esters is 1. The van der Waals surface area contributed by atoms with E-state index >= 15 is 0 Å². The molecule has 1 fully saturated rings. The van der Waals surface area contributed by atoms with Gasteiger partial charge in [0.05, 0.1) is 19.6 Å². The van der Waals surface area contributed by atoms with Gasteiger partial charge >= 0.3 is 5.97 Å². The molecular weight excluding hydrogens is 276 g/mol. The second-order valence-corrected chi connectivity index (χ2v) is 6.79. The molecule has 0 heterocycles. The second-order valence-electron chi connectivity index (χ2n) is 6.79. The number of methoxy groups -OCH3 is 1. The van der Waals surface area contributed by atoms with E-state index in [9.17, 15) is 4.79 Å². The maximum atomic E-state index is 11.5. The number of hydrogen-bond donors (Lipinski definition) is 0. The van der Waals surface area contributed by atoms with E-state index in [1.165, 1.54) is 12.7 Å². The molecule has 3 heteroatoms. The molecule has 2 rings (SSSR count). The lowest BCUT2D eigenvalue weighted by molar-refractivity contribution is -0.146. The van der Waals surface area contributed by atoms with Gasteiger partial charge in [0.1, 0.15) is 5.75 Å². The SMILES string of the molecule is COC(=O)C1CCC(COc2ccc(CC(C)C)cc2)CC1. The second kappa shape index (κ2) is 8.21. The number of carbonyl (C=O) groups excluding carboxylic acids is 1. The highest BCUT2D eigenvalue weighted by Gasteiger charge is 2.27. The summed E-state index contributed by atoms with van der Waals surface area (Å²) in [7, 11) is 1.47. The van der Waals surface area contributed by atoms with Crippen LogP contribution in [-0.2, 0) is 16.0 Å². The van der Waals surface area contributed by atoms with Crippen LogP contribution in [0.1, 0.15) is 45.1 Å². The Bertz CT molecular complexity index is 456. The van der Waals surface area contributed by atoms with Gasteiger partial charge in [-0.05, 0) is 61.6 Å². The lowest BCUT2D eigenvalue weighted by atomic mass is 9.82. The number of ether oxygens (including phenoxy) is 2. The van der Waals surface area contributed by atoms with Gasteiger partial charge in [0.2, 0.25) is 0 Å². The van der Waals surface area contributed by atoms with Gasteiger partial charge in [0.25, 0.3) is 0 Å². The Hall–Kier alpha value is -1.51. The Labute approximate surface area is 134 Å². The minimum atomic E-state index is -0.0555. The molecule has 122 valence electrons. The van der Waals surface area contributed by atoms with E-state index in [1.807, 2.05) is 0 Å². The van der Waals surface area contributed by atoms with Gasteiger partial charge in [-0.25, -0.2) is 0 Å². The van der Waals surface area contributed by atoms with Crippen molar-refractivity contribution in [3.05, 3.63) is 29.8 Å². The normalized spacial score (nSPS) is 21.6. The summed E-state index contributed by atoms with van der Waals surface area (Å²) >= 11 is 0. The van der Waals surface area contributed by atoms with Gasteiger partial charge in [-0.2, -0.15) is 0 Å². The summed E-state index contributed by atoms with van der Waals surface area (Å²) in [5.41, 5.74) is 1.36. The van der Waals surface area contributed by atoms with Crippen molar-refractivity contribution >= 4 is 5.97 Å². The molecule has 0 aromatic heterocycles. The fourth-order valence-electron chi connectivity index (χ4n) is 3.14. The highest BCUT2D eigenvalue weighted by atomic mass is 16.5. The molecular formula is C19H28O3. The third kappa shape index (κ3) is 5.04. The van der Waals surface area contributed by atoms with Crippen LogP contribution < -0.4 is 4.74 Å². The molecule has 22 heavy (non-hydrogen) atoms. The monoisotopic (exact) mass is 304 g/mol. The first-order valence-corrected chi connectivity index (χ1v) is 8.38. The maximum Gasteiger partial charge on any atom is 0.308 e. The fraction of sp³-hybridized carbons (Fsp3) is 0.632. The van der Waals surface area contributed by atoms with Gasteiger partial charge in [0, 0.05) is 0 Å². The molecule has 3 nitrogen and oxygen atoms in total. The minimum absolute atomic E-state index is 0.0555. The van der Waals surface area contributed by atoms with Gasteiger partial charge in [-0.1, -0.05) is 26.0 Å². The van der Waals surface area contributed by atoms with Crippen LogP contribution in [0.25, 0.3) is 0 Å². The van der Waals surface area contributed by atoms with Crippen LogP contribution >= 0.6 is 0 Å². The summed E-state index contributed by atoms with van der Waals surface area (Å²) in [6.45, 7) is 5.21. The van der Waals surface area contributed by atoms with Crippen LogP contribution in [0.4, 0.5) is 0 Å². The van der Waals surface area contributed by atoms with Gasteiger partial charge in [-0.15, -0.1) is 0 Å². The topological polar surface area (TPSA) is 35.5 Å². The smallest absolute Gasteiger partial charge is 0.308 e.